The number of aromatic nitrogens is 2. The number of hydrogen-bond donors (Lipinski definition) is 1. The van der Waals surface area contributed by atoms with Crippen molar-refractivity contribution in [1.82, 2.24) is 14.9 Å². The monoisotopic (exact) mass is 335 g/mol. The first-order chi connectivity index (χ1) is 10.5. The van der Waals surface area contributed by atoms with Crippen molar-refractivity contribution in [1.29, 1.82) is 0 Å². The van der Waals surface area contributed by atoms with E-state index in [9.17, 15) is 8.42 Å². The van der Waals surface area contributed by atoms with Crippen LogP contribution in [0.4, 0.5) is 0 Å². The van der Waals surface area contributed by atoms with Crippen LogP contribution >= 0.6 is 11.3 Å². The van der Waals surface area contributed by atoms with Gasteiger partial charge in [-0.15, -0.1) is 11.3 Å². The molecule has 0 aliphatic heterocycles. The Bertz CT molecular complexity index is 870. The molecule has 0 saturated heterocycles. The summed E-state index contributed by atoms with van der Waals surface area (Å²) in [5, 5.41) is 5.53. The molecule has 0 aliphatic rings. The smallest absolute Gasteiger partial charge is 0.250 e. The van der Waals surface area contributed by atoms with E-state index < -0.39 is 10.0 Å². The number of nitrogens with one attached hydrogen (secondary N) is 1. The number of nitrogens with zero attached hydrogens (tertiary/aromatic N) is 2. The maximum atomic E-state index is 12.3. The molecule has 6 nitrogen and oxygen atoms in total. The van der Waals surface area contributed by atoms with Gasteiger partial charge in [-0.2, -0.15) is 0 Å². The molecule has 0 fully saturated rings. The van der Waals surface area contributed by atoms with Crippen LogP contribution in [0.2, 0.25) is 0 Å². The zero-order chi connectivity index (χ0) is 15.6. The van der Waals surface area contributed by atoms with Crippen molar-refractivity contribution >= 4 is 21.4 Å². The van der Waals surface area contributed by atoms with Gasteiger partial charge in [0.15, 0.2) is 5.76 Å². The van der Waals surface area contributed by atoms with Crippen LogP contribution < -0.4 is 4.72 Å². The first-order valence-electron chi connectivity index (χ1n) is 6.45. The van der Waals surface area contributed by atoms with Gasteiger partial charge in [-0.25, -0.2) is 13.1 Å². The van der Waals surface area contributed by atoms with E-state index in [0.29, 0.717) is 11.3 Å². The normalized spacial score (nSPS) is 11.7. The molecule has 0 aromatic carbocycles. The van der Waals surface area contributed by atoms with Gasteiger partial charge in [0.25, 0.3) is 0 Å². The summed E-state index contributed by atoms with van der Waals surface area (Å²) in [5.74, 6) is 0.558. The summed E-state index contributed by atoms with van der Waals surface area (Å²) < 4.78 is 32.5. The van der Waals surface area contributed by atoms with E-state index in [2.05, 4.69) is 14.9 Å². The molecule has 22 heavy (non-hydrogen) atoms. The van der Waals surface area contributed by atoms with Gasteiger partial charge in [-0.3, -0.25) is 4.98 Å². The predicted molar refractivity (Wildman–Crippen MR) is 82.8 cm³/mol. The van der Waals surface area contributed by atoms with Crippen molar-refractivity contribution < 1.29 is 12.9 Å². The Balaban J connectivity index is 1.77. The fourth-order valence-corrected chi connectivity index (χ4v) is 4.07. The lowest BCUT2D eigenvalue weighted by Crippen LogP contribution is -2.22. The van der Waals surface area contributed by atoms with Gasteiger partial charge in [0.2, 0.25) is 10.0 Å². The lowest BCUT2D eigenvalue weighted by atomic mass is 10.2. The fourth-order valence-electron chi connectivity index (χ4n) is 1.84. The van der Waals surface area contributed by atoms with E-state index in [0.717, 1.165) is 22.6 Å². The van der Waals surface area contributed by atoms with Crippen molar-refractivity contribution in [3.05, 3.63) is 53.3 Å². The minimum absolute atomic E-state index is 0.199. The molecule has 0 aliphatic carbocycles. The molecule has 3 aromatic heterocycles. The van der Waals surface area contributed by atoms with Gasteiger partial charge in [-0.05, 0) is 24.6 Å². The number of thiophene rings is 1. The Labute approximate surface area is 131 Å². The Morgan fingerprint density at radius 2 is 2.23 bits per heavy atom. The Kier molecular flexibility index (Phi) is 4.06. The fraction of sp³-hybridized carbons (Fsp3) is 0.143. The van der Waals surface area contributed by atoms with E-state index in [-0.39, 0.29) is 10.8 Å². The van der Waals surface area contributed by atoms with E-state index in [1.165, 1.54) is 0 Å². The van der Waals surface area contributed by atoms with Crippen LogP contribution in [-0.4, -0.2) is 18.6 Å². The lowest BCUT2D eigenvalue weighted by molar-refractivity contribution is 0.427. The molecule has 0 bridgehead atoms. The SMILES string of the molecule is Cc1cc(-c2csc(S(=O)(=O)NCc3cccnc3)c2)on1. The summed E-state index contributed by atoms with van der Waals surface area (Å²) in [6.07, 6.45) is 3.27. The molecule has 0 atom stereocenters. The zero-order valence-electron chi connectivity index (χ0n) is 11.7. The second-order valence-electron chi connectivity index (χ2n) is 4.67. The summed E-state index contributed by atoms with van der Waals surface area (Å²) in [4.78, 5) is 3.95. The van der Waals surface area contributed by atoms with Gasteiger partial charge in [0.1, 0.15) is 4.21 Å². The van der Waals surface area contributed by atoms with Gasteiger partial charge in [0.05, 0.1) is 5.69 Å². The molecular weight excluding hydrogens is 322 g/mol. The molecule has 3 rings (SSSR count). The van der Waals surface area contributed by atoms with E-state index in [4.69, 9.17) is 4.52 Å². The van der Waals surface area contributed by atoms with Crippen LogP contribution in [0.25, 0.3) is 11.3 Å². The minimum atomic E-state index is -3.56. The number of aryl methyl sites for hydroxylation is 1. The maximum absolute atomic E-state index is 12.3. The molecule has 0 radical (unpaired) electrons. The summed E-state index contributed by atoms with van der Waals surface area (Å²) in [5.41, 5.74) is 2.25. The van der Waals surface area contributed by atoms with Gasteiger partial charge < -0.3 is 4.52 Å². The van der Waals surface area contributed by atoms with Crippen LogP contribution in [0.3, 0.4) is 0 Å². The molecule has 0 saturated carbocycles. The molecular formula is C14H13N3O3S2. The largest absolute Gasteiger partial charge is 0.356 e. The van der Waals surface area contributed by atoms with Crippen molar-refractivity contribution in [2.24, 2.45) is 0 Å². The van der Waals surface area contributed by atoms with Crippen LogP contribution in [0.5, 0.6) is 0 Å². The highest BCUT2D eigenvalue weighted by molar-refractivity contribution is 7.91. The van der Waals surface area contributed by atoms with Crippen LogP contribution in [0, 0.1) is 6.92 Å². The van der Waals surface area contributed by atoms with Crippen LogP contribution in [0.15, 0.2) is 50.8 Å². The molecule has 3 aromatic rings. The van der Waals surface area contributed by atoms with Crippen molar-refractivity contribution in [2.75, 3.05) is 0 Å². The minimum Gasteiger partial charge on any atom is -0.356 e. The first-order valence-corrected chi connectivity index (χ1v) is 8.82. The number of rotatable bonds is 5. The third-order valence-corrected chi connectivity index (χ3v) is 5.78. The van der Waals surface area contributed by atoms with Crippen molar-refractivity contribution in [3.63, 3.8) is 0 Å². The third-order valence-electron chi connectivity index (χ3n) is 2.94. The molecule has 0 spiro atoms. The average Bonchev–Trinajstić information content (AvgIpc) is 3.15. The molecule has 0 amide bonds. The highest BCUT2D eigenvalue weighted by atomic mass is 32.2. The third kappa shape index (κ3) is 3.24. The molecule has 0 unspecified atom stereocenters. The van der Waals surface area contributed by atoms with Crippen LogP contribution in [-0.2, 0) is 16.6 Å². The molecule has 1 N–H and O–H groups in total. The highest BCUT2D eigenvalue weighted by Crippen LogP contribution is 2.28. The topological polar surface area (TPSA) is 85.1 Å². The van der Waals surface area contributed by atoms with Gasteiger partial charge in [0, 0.05) is 35.9 Å². The Hall–Kier alpha value is -2.03. The van der Waals surface area contributed by atoms with E-state index >= 15 is 0 Å². The van der Waals surface area contributed by atoms with Crippen molar-refractivity contribution in [2.45, 2.75) is 17.7 Å². The highest BCUT2D eigenvalue weighted by Gasteiger charge is 2.18. The van der Waals surface area contributed by atoms with E-state index in [1.54, 1.807) is 36.0 Å². The lowest BCUT2D eigenvalue weighted by Gasteiger charge is -2.04. The quantitative estimate of drug-likeness (QED) is 0.774. The summed E-state index contributed by atoms with van der Waals surface area (Å²) >= 11 is 1.14. The average molecular weight is 335 g/mol. The number of sulfonamides is 1. The van der Waals surface area contributed by atoms with Crippen molar-refractivity contribution in [3.8, 4) is 11.3 Å². The predicted octanol–water partition coefficient (Wildman–Crippen LogP) is 2.59. The second-order valence-corrected chi connectivity index (χ2v) is 7.58. The summed E-state index contributed by atoms with van der Waals surface area (Å²) in [6.45, 7) is 2.01. The second kappa shape index (κ2) is 5.99. The summed E-state index contributed by atoms with van der Waals surface area (Å²) in [6, 6.07) is 6.92. The molecule has 3 heterocycles. The first kappa shape index (κ1) is 14.9. The Morgan fingerprint density at radius 1 is 1.36 bits per heavy atom. The molecule has 114 valence electrons. The van der Waals surface area contributed by atoms with Gasteiger partial charge in [-0.1, -0.05) is 11.2 Å². The molecule has 8 heteroatoms. The Morgan fingerprint density at radius 3 is 2.91 bits per heavy atom. The zero-order valence-corrected chi connectivity index (χ0v) is 13.3. The van der Waals surface area contributed by atoms with Crippen LogP contribution in [0.1, 0.15) is 11.3 Å². The number of pyridine rings is 1. The standard InChI is InChI=1S/C14H13N3O3S2/c1-10-5-13(20-17-10)12-6-14(21-9-12)22(18,19)16-8-11-3-2-4-15-7-11/h2-7,9,16H,8H2,1H3. The maximum Gasteiger partial charge on any atom is 0.250 e. The summed E-state index contributed by atoms with van der Waals surface area (Å²) in [7, 11) is -3.56. The number of hydrogen-bond acceptors (Lipinski definition) is 6. The van der Waals surface area contributed by atoms with Gasteiger partial charge >= 0.3 is 0 Å². The van der Waals surface area contributed by atoms with E-state index in [1.807, 2.05) is 13.0 Å².